The topological polar surface area (TPSA) is 67.2 Å². The van der Waals surface area contributed by atoms with Crippen LogP contribution in [0.3, 0.4) is 0 Å². The molecule has 2 aliphatic carbocycles. The quantitative estimate of drug-likeness (QED) is 0.854. The first-order chi connectivity index (χ1) is 12.2. The summed E-state index contributed by atoms with van der Waals surface area (Å²) < 4.78 is 1.61. The molecule has 1 saturated carbocycles. The number of carbonyl (C=O) groups excluding carboxylic acids is 1. The van der Waals surface area contributed by atoms with Crippen molar-refractivity contribution in [2.75, 3.05) is 13.1 Å². The molecule has 0 spiro atoms. The van der Waals surface area contributed by atoms with Gasteiger partial charge in [-0.25, -0.2) is 9.48 Å². The molecule has 1 aromatic heterocycles. The maximum Gasteiger partial charge on any atom is 0.317 e. The average Bonchev–Trinajstić information content (AvgIpc) is 2.84. The highest BCUT2D eigenvalue weighted by molar-refractivity contribution is 5.75. The van der Waals surface area contributed by atoms with Gasteiger partial charge in [0, 0.05) is 31.1 Å². The standard InChI is InChI=1S/C19H28N4O2/c24-18-10-15-6-5-9-17(15)21-23(18)13-14-11-22(12-14)19(25)20-16-7-3-1-2-4-8-16/h10,14,16H,1-9,11-13H2,(H,20,25). The van der Waals surface area contributed by atoms with E-state index in [1.54, 1.807) is 10.7 Å². The molecule has 1 N–H and O–H groups in total. The fourth-order valence-corrected chi connectivity index (χ4v) is 4.36. The number of likely N-dealkylation sites (tertiary alicyclic amines) is 1. The SMILES string of the molecule is O=C(NC1CCCCCC1)N1CC(Cn2nc3c(cc2=O)CCC3)C1. The zero-order valence-electron chi connectivity index (χ0n) is 14.9. The lowest BCUT2D eigenvalue weighted by Crippen LogP contribution is -2.56. The van der Waals surface area contributed by atoms with Crippen LogP contribution in [0.4, 0.5) is 4.79 Å². The molecule has 2 amide bonds. The molecule has 0 bridgehead atoms. The Balaban J connectivity index is 1.27. The summed E-state index contributed by atoms with van der Waals surface area (Å²) in [6.45, 7) is 2.08. The Hall–Kier alpha value is -1.85. The minimum absolute atomic E-state index is 0.00186. The van der Waals surface area contributed by atoms with E-state index >= 15 is 0 Å². The molecule has 0 aromatic carbocycles. The van der Waals surface area contributed by atoms with Gasteiger partial charge < -0.3 is 10.2 Å². The predicted octanol–water partition coefficient (Wildman–Crippen LogP) is 2.10. The summed E-state index contributed by atoms with van der Waals surface area (Å²) in [5.74, 6) is 0.338. The van der Waals surface area contributed by atoms with Gasteiger partial charge in [0.1, 0.15) is 0 Å². The maximum absolute atomic E-state index is 12.4. The third-order valence-corrected chi connectivity index (χ3v) is 5.88. The summed E-state index contributed by atoms with van der Waals surface area (Å²) in [5.41, 5.74) is 2.21. The number of fused-ring (bicyclic) bond motifs is 1. The summed E-state index contributed by atoms with van der Waals surface area (Å²) in [6, 6.07) is 2.16. The van der Waals surface area contributed by atoms with Crippen LogP contribution in [-0.4, -0.2) is 39.8 Å². The Morgan fingerprint density at radius 1 is 1.12 bits per heavy atom. The van der Waals surface area contributed by atoms with Crippen molar-refractivity contribution < 1.29 is 4.79 Å². The van der Waals surface area contributed by atoms with Crippen molar-refractivity contribution in [3.63, 3.8) is 0 Å². The molecular formula is C19H28N4O2. The smallest absolute Gasteiger partial charge is 0.317 e. The van der Waals surface area contributed by atoms with E-state index in [4.69, 9.17) is 0 Å². The van der Waals surface area contributed by atoms with Crippen LogP contribution in [-0.2, 0) is 19.4 Å². The minimum atomic E-state index is 0.00186. The second-order valence-electron chi connectivity index (χ2n) is 7.90. The fraction of sp³-hybridized carbons (Fsp3) is 0.737. The molecule has 2 heterocycles. The lowest BCUT2D eigenvalue weighted by atomic mass is 10.0. The largest absolute Gasteiger partial charge is 0.335 e. The number of aryl methyl sites for hydroxylation is 2. The Labute approximate surface area is 148 Å². The molecule has 0 atom stereocenters. The zero-order valence-corrected chi connectivity index (χ0v) is 14.9. The number of hydrogen-bond donors (Lipinski definition) is 1. The van der Waals surface area contributed by atoms with Crippen molar-refractivity contribution in [1.29, 1.82) is 0 Å². The molecule has 3 aliphatic rings. The summed E-state index contributed by atoms with van der Waals surface area (Å²) in [7, 11) is 0. The number of urea groups is 1. The molecule has 136 valence electrons. The minimum Gasteiger partial charge on any atom is -0.335 e. The molecule has 6 nitrogen and oxygen atoms in total. The van der Waals surface area contributed by atoms with E-state index in [1.165, 1.54) is 25.7 Å². The van der Waals surface area contributed by atoms with Crippen molar-refractivity contribution in [1.82, 2.24) is 20.0 Å². The zero-order chi connectivity index (χ0) is 17.2. The molecule has 1 aromatic rings. The van der Waals surface area contributed by atoms with Crippen molar-refractivity contribution in [2.24, 2.45) is 5.92 Å². The van der Waals surface area contributed by atoms with E-state index in [1.807, 2.05) is 4.90 Å². The molecule has 1 saturated heterocycles. The highest BCUT2D eigenvalue weighted by atomic mass is 16.2. The lowest BCUT2D eigenvalue weighted by molar-refractivity contribution is 0.104. The first-order valence-electron chi connectivity index (χ1n) is 9.84. The molecule has 2 fully saturated rings. The van der Waals surface area contributed by atoms with Gasteiger partial charge in [0.2, 0.25) is 0 Å². The van der Waals surface area contributed by atoms with Gasteiger partial charge in [0.25, 0.3) is 5.56 Å². The van der Waals surface area contributed by atoms with E-state index in [0.29, 0.717) is 18.5 Å². The summed E-state index contributed by atoms with van der Waals surface area (Å²) in [6.07, 6.45) is 10.3. The Kier molecular flexibility index (Phi) is 4.77. The third kappa shape index (κ3) is 3.72. The number of nitrogens with one attached hydrogen (secondary N) is 1. The van der Waals surface area contributed by atoms with Gasteiger partial charge in [0.15, 0.2) is 0 Å². The van der Waals surface area contributed by atoms with Crippen LogP contribution in [0.5, 0.6) is 0 Å². The van der Waals surface area contributed by atoms with Gasteiger partial charge in [-0.1, -0.05) is 25.7 Å². The fourth-order valence-electron chi connectivity index (χ4n) is 4.36. The van der Waals surface area contributed by atoms with Crippen LogP contribution in [0.25, 0.3) is 0 Å². The van der Waals surface area contributed by atoms with E-state index in [2.05, 4.69) is 10.4 Å². The van der Waals surface area contributed by atoms with Gasteiger partial charge in [-0.05, 0) is 37.7 Å². The second kappa shape index (κ2) is 7.18. The molecular weight excluding hydrogens is 316 g/mol. The van der Waals surface area contributed by atoms with Gasteiger partial charge in [0.05, 0.1) is 12.2 Å². The van der Waals surface area contributed by atoms with E-state index in [-0.39, 0.29) is 11.6 Å². The Morgan fingerprint density at radius 3 is 2.64 bits per heavy atom. The van der Waals surface area contributed by atoms with Crippen LogP contribution in [0, 0.1) is 5.92 Å². The monoisotopic (exact) mass is 344 g/mol. The highest BCUT2D eigenvalue weighted by Gasteiger charge is 2.32. The summed E-state index contributed by atoms with van der Waals surface area (Å²) in [5, 5.41) is 7.73. The Bertz CT molecular complexity index is 685. The van der Waals surface area contributed by atoms with E-state index in [0.717, 1.165) is 56.5 Å². The van der Waals surface area contributed by atoms with Crippen LogP contribution < -0.4 is 10.9 Å². The van der Waals surface area contributed by atoms with Gasteiger partial charge in [-0.3, -0.25) is 4.79 Å². The molecule has 25 heavy (non-hydrogen) atoms. The predicted molar refractivity (Wildman–Crippen MR) is 95.6 cm³/mol. The Morgan fingerprint density at radius 2 is 1.88 bits per heavy atom. The van der Waals surface area contributed by atoms with Gasteiger partial charge >= 0.3 is 6.03 Å². The molecule has 0 unspecified atom stereocenters. The second-order valence-corrected chi connectivity index (χ2v) is 7.90. The number of nitrogens with zero attached hydrogens (tertiary/aromatic N) is 3. The molecule has 4 rings (SSSR count). The number of rotatable bonds is 3. The third-order valence-electron chi connectivity index (χ3n) is 5.88. The number of hydrogen-bond acceptors (Lipinski definition) is 3. The molecule has 6 heteroatoms. The van der Waals surface area contributed by atoms with E-state index < -0.39 is 0 Å². The van der Waals surface area contributed by atoms with Gasteiger partial charge in [-0.15, -0.1) is 0 Å². The summed E-state index contributed by atoms with van der Waals surface area (Å²) in [4.78, 5) is 26.4. The first kappa shape index (κ1) is 16.6. The highest BCUT2D eigenvalue weighted by Crippen LogP contribution is 2.21. The molecule has 0 radical (unpaired) electrons. The van der Waals surface area contributed by atoms with Crippen molar-refractivity contribution in [3.8, 4) is 0 Å². The van der Waals surface area contributed by atoms with Crippen molar-refractivity contribution >= 4 is 6.03 Å². The van der Waals surface area contributed by atoms with E-state index in [9.17, 15) is 9.59 Å². The number of aromatic nitrogens is 2. The van der Waals surface area contributed by atoms with Crippen LogP contribution in [0.1, 0.15) is 56.2 Å². The van der Waals surface area contributed by atoms with Crippen LogP contribution in [0.2, 0.25) is 0 Å². The number of carbonyl (C=O) groups is 1. The van der Waals surface area contributed by atoms with Crippen LogP contribution in [0.15, 0.2) is 10.9 Å². The number of amides is 2. The molecule has 1 aliphatic heterocycles. The first-order valence-corrected chi connectivity index (χ1v) is 9.84. The van der Waals surface area contributed by atoms with Crippen LogP contribution >= 0.6 is 0 Å². The van der Waals surface area contributed by atoms with Gasteiger partial charge in [-0.2, -0.15) is 5.10 Å². The maximum atomic E-state index is 12.4. The summed E-state index contributed by atoms with van der Waals surface area (Å²) >= 11 is 0. The van der Waals surface area contributed by atoms with Crippen molar-refractivity contribution in [2.45, 2.75) is 70.4 Å². The van der Waals surface area contributed by atoms with Crippen molar-refractivity contribution in [3.05, 3.63) is 27.7 Å². The normalized spacial score (nSPS) is 21.5. The average molecular weight is 344 g/mol. The lowest BCUT2D eigenvalue weighted by Gasteiger charge is -2.39.